The third-order valence-corrected chi connectivity index (χ3v) is 20.6. The number of carbonyl (C=O) groups is 3. The number of morpholine rings is 1. The van der Waals surface area contributed by atoms with Gasteiger partial charge >= 0.3 is 0 Å². The smallest absolute Gasteiger partial charge is 0.254 e. The fourth-order valence-corrected chi connectivity index (χ4v) is 14.5. The van der Waals surface area contributed by atoms with Gasteiger partial charge in [-0.15, -0.1) is 0 Å². The number of nitrogens with zero attached hydrogens (tertiary/aromatic N) is 12. The van der Waals surface area contributed by atoms with Crippen molar-refractivity contribution >= 4 is 125 Å². The van der Waals surface area contributed by atoms with Crippen molar-refractivity contribution in [3.05, 3.63) is 191 Å². The van der Waals surface area contributed by atoms with Gasteiger partial charge in [0.05, 0.1) is 60.4 Å². The molecule has 0 saturated carbocycles. The molecule has 0 radical (unpaired) electrons. The Morgan fingerprint density at radius 2 is 0.974 bits per heavy atom. The van der Waals surface area contributed by atoms with E-state index in [1.165, 1.54) is 0 Å². The van der Waals surface area contributed by atoms with E-state index >= 15 is 0 Å². The normalized spacial score (nSPS) is 14.0. The van der Waals surface area contributed by atoms with Crippen molar-refractivity contribution < 1.29 is 46.9 Å². The van der Waals surface area contributed by atoms with Crippen LogP contribution in [0.5, 0.6) is 11.8 Å². The van der Waals surface area contributed by atoms with Crippen LogP contribution in [-0.4, -0.2) is 197 Å². The number of H-pyrrole nitrogens is 4. The number of halogens is 1. The average molecular weight is 1580 g/mol. The van der Waals surface area contributed by atoms with Crippen LogP contribution < -0.4 is 30.7 Å². The van der Waals surface area contributed by atoms with Gasteiger partial charge in [-0.3, -0.25) is 14.4 Å². The highest BCUT2D eigenvalue weighted by atomic mass is 35.5. The molecule has 3 fully saturated rings. The van der Waals surface area contributed by atoms with Crippen LogP contribution in [0.15, 0.2) is 155 Å². The number of anilines is 7. The van der Waals surface area contributed by atoms with Gasteiger partial charge < -0.3 is 88.4 Å². The molecule has 30 nitrogen and oxygen atoms in total. The summed E-state index contributed by atoms with van der Waals surface area (Å²) in [6.07, 6.45) is 12.6. The van der Waals surface area contributed by atoms with Crippen LogP contribution in [0.1, 0.15) is 79.7 Å². The zero-order valence-electron chi connectivity index (χ0n) is 65.3. The number of aryl methyl sites for hydroxylation is 4. The van der Waals surface area contributed by atoms with E-state index < -0.39 is 0 Å². The van der Waals surface area contributed by atoms with Crippen LogP contribution in [0.4, 0.5) is 40.7 Å². The fraction of sp³-hybridized carbons (Fsp3) is 0.271. The second-order valence-corrected chi connectivity index (χ2v) is 29.2. The number of fused-ring (bicyclic) bond motifs is 5. The molecule has 9 aromatic heterocycles. The van der Waals surface area contributed by atoms with Crippen molar-refractivity contribution in [2.24, 2.45) is 0 Å². The number of hydrogen-bond donors (Lipinski definition) is 8. The molecular weight excluding hydrogens is 1500 g/mol. The molecule has 116 heavy (non-hydrogen) atoms. The van der Waals surface area contributed by atoms with E-state index in [-0.39, 0.29) is 29.9 Å². The van der Waals surface area contributed by atoms with E-state index in [9.17, 15) is 14.4 Å². The van der Waals surface area contributed by atoms with Gasteiger partial charge in [-0.25, -0.2) is 15.0 Å². The Labute approximate surface area is 670 Å². The largest absolute Gasteiger partial charge is 0.480 e. The molecule has 31 heteroatoms. The zero-order chi connectivity index (χ0) is 80.3. The first-order valence-corrected chi connectivity index (χ1v) is 38.5. The Morgan fingerprint density at radius 1 is 0.500 bits per heavy atom. The van der Waals surface area contributed by atoms with Crippen molar-refractivity contribution in [3.8, 4) is 56.5 Å². The van der Waals surface area contributed by atoms with Gasteiger partial charge in [0, 0.05) is 169 Å². The minimum absolute atomic E-state index is 0.00933. The number of amides is 3. The molecule has 15 aromatic rings. The highest BCUT2D eigenvalue weighted by Gasteiger charge is 2.27. The van der Waals surface area contributed by atoms with E-state index in [0.29, 0.717) is 125 Å². The molecule has 18 rings (SSSR count). The van der Waals surface area contributed by atoms with Crippen molar-refractivity contribution in [1.82, 2.24) is 79.5 Å². The number of methoxy groups -OCH3 is 1. The monoisotopic (exact) mass is 1580 g/mol. The van der Waals surface area contributed by atoms with E-state index in [1.54, 1.807) is 86.7 Å². The average Bonchev–Trinajstić information content (AvgIpc) is 1.63. The summed E-state index contributed by atoms with van der Waals surface area (Å²) in [5, 5.41) is 16.3. The quantitative estimate of drug-likeness (QED) is 0.0395. The van der Waals surface area contributed by atoms with Gasteiger partial charge in [-0.1, -0.05) is 48.0 Å². The molecule has 3 amide bonds. The maximum Gasteiger partial charge on any atom is 0.254 e. The molecule has 0 spiro atoms. The highest BCUT2D eigenvalue weighted by Crippen LogP contribution is 2.41. The van der Waals surface area contributed by atoms with Crippen LogP contribution in [0, 0.1) is 27.7 Å². The van der Waals surface area contributed by atoms with E-state index in [0.717, 1.165) is 150 Å². The second-order valence-electron chi connectivity index (χ2n) is 28.8. The number of hydrogen-bond acceptors (Lipinski definition) is 23. The summed E-state index contributed by atoms with van der Waals surface area (Å²) in [6, 6.07) is 36.5. The highest BCUT2D eigenvalue weighted by molar-refractivity contribution is 6.33. The molecule has 12 heterocycles. The number of rotatable bonds is 18. The van der Waals surface area contributed by atoms with Gasteiger partial charge in [0.15, 0.2) is 22.9 Å². The number of benzene rings is 6. The molecular formula is C85H85ClN20O10. The Bertz CT molecular complexity index is 5880. The van der Waals surface area contributed by atoms with Gasteiger partial charge in [0.25, 0.3) is 17.7 Å². The predicted molar refractivity (Wildman–Crippen MR) is 445 cm³/mol. The maximum absolute atomic E-state index is 12.8. The van der Waals surface area contributed by atoms with Gasteiger partial charge in [0.1, 0.15) is 45.7 Å². The minimum atomic E-state index is -0.0720. The Balaban J connectivity index is 0.000000131. The lowest BCUT2D eigenvalue weighted by Crippen LogP contribution is -2.40. The van der Waals surface area contributed by atoms with Crippen LogP contribution >= 0.6 is 11.6 Å². The fourth-order valence-electron chi connectivity index (χ4n) is 14.3. The molecule has 0 aliphatic carbocycles. The second kappa shape index (κ2) is 33.4. The van der Waals surface area contributed by atoms with Gasteiger partial charge in [-0.2, -0.15) is 29.9 Å². The Kier molecular flexibility index (Phi) is 22.1. The zero-order valence-corrected chi connectivity index (χ0v) is 66.1. The number of imidazole rings is 1. The van der Waals surface area contributed by atoms with E-state index in [2.05, 4.69) is 66.1 Å². The minimum Gasteiger partial charge on any atom is -0.480 e. The lowest BCUT2D eigenvalue weighted by Gasteiger charge is -2.27. The molecule has 3 aliphatic heterocycles. The van der Waals surface area contributed by atoms with Gasteiger partial charge in [0.2, 0.25) is 29.6 Å². The third kappa shape index (κ3) is 16.6. The molecule has 6 aromatic carbocycles. The maximum atomic E-state index is 12.8. The number of oxazole rings is 2. The summed E-state index contributed by atoms with van der Waals surface area (Å²) >= 11 is 6.53. The number of carbonyl (C=O) groups excluding carboxylic acids is 3. The molecule has 0 unspecified atom stereocenters. The molecule has 3 saturated heterocycles. The molecule has 3 aliphatic rings. The first-order valence-electron chi connectivity index (χ1n) is 38.1. The predicted octanol–water partition coefficient (Wildman–Crippen LogP) is 15.7. The molecule has 592 valence electrons. The van der Waals surface area contributed by atoms with Crippen LogP contribution in [0.3, 0.4) is 0 Å². The van der Waals surface area contributed by atoms with Crippen LogP contribution in [0.2, 0.25) is 5.02 Å². The SMILES string of the molecule is COc1nc(Nc2ccc(C(=O)N3CCOCC3)cc2Cl)nc2[nH]cc(-c3ccc(-c4ncc[nH]4)cc3)c12.Cc1nc2ccc(-c3c[nH]c4nc(Nc5ccc(C(=O)N(C)C)cc5C)nc(NC5CCOCC5)c34)cc2o1.Cc1nc2ccc(-c3c[nH]c4nc(Nc5ccc(C(=O)N(C)C)cc5C)nc(OC5CCOCC5)c34)cc2o1. The summed E-state index contributed by atoms with van der Waals surface area (Å²) in [5.41, 5.74) is 17.6. The topological polar surface area (TPSA) is 361 Å². The Hall–Kier alpha value is -13.3. The van der Waals surface area contributed by atoms with Crippen molar-refractivity contribution in [3.63, 3.8) is 0 Å². The summed E-state index contributed by atoms with van der Waals surface area (Å²) < 4.78 is 40.1. The van der Waals surface area contributed by atoms with E-state index in [1.807, 2.05) is 137 Å². The number of aromatic nitrogens is 13. The molecule has 8 N–H and O–H groups in total. The third-order valence-electron chi connectivity index (χ3n) is 20.3. The summed E-state index contributed by atoms with van der Waals surface area (Å²) in [7, 11) is 8.54. The molecule has 0 atom stereocenters. The Morgan fingerprint density at radius 3 is 1.51 bits per heavy atom. The van der Waals surface area contributed by atoms with Crippen molar-refractivity contribution in [2.75, 3.05) is 109 Å². The lowest BCUT2D eigenvalue weighted by molar-refractivity contribution is 0.0244. The summed E-state index contributed by atoms with van der Waals surface area (Å²) in [6.45, 7) is 12.5. The van der Waals surface area contributed by atoms with Gasteiger partial charge in [-0.05, 0) is 133 Å². The number of nitrogens with one attached hydrogen (secondary N) is 8. The molecule has 0 bridgehead atoms. The van der Waals surface area contributed by atoms with Crippen molar-refractivity contribution in [2.45, 2.75) is 65.5 Å². The first-order chi connectivity index (χ1) is 56.3. The first kappa shape index (κ1) is 76.7. The van der Waals surface area contributed by atoms with E-state index in [4.69, 9.17) is 64.1 Å². The number of ether oxygens (including phenoxy) is 5. The van der Waals surface area contributed by atoms with Crippen LogP contribution in [-0.2, 0) is 14.2 Å². The van der Waals surface area contributed by atoms with Crippen LogP contribution in [0.25, 0.3) is 100 Å². The summed E-state index contributed by atoms with van der Waals surface area (Å²) in [5.74, 6) is 4.73. The van der Waals surface area contributed by atoms with Crippen molar-refractivity contribution in [1.29, 1.82) is 0 Å². The lowest BCUT2D eigenvalue weighted by atomic mass is 10.0. The summed E-state index contributed by atoms with van der Waals surface area (Å²) in [4.78, 5) is 97.1. The number of aromatic amines is 4. The standard InChI is InChI=1S/C29H31N7O3.C29H30N6O4.C27H24ClN7O3/c1-16-13-19(28(37)36(3)4)6-7-22(16)33-29-34-26-25(27(35-29)32-20-9-11-38-12-10-20)21(15-30-26)18-5-8-23-24(14-18)39-17(2)31-23;1-16-13-19(28(36)35(3)4)6-7-22(16)32-29-33-26-25(27(34-29)39-20-9-11-37-12-10-20)21(15-30-26)18-5-8-23-24(14-18)38-17(2)31-23;1-37-25-22-19(16-2-4-17(5-3-16)23-29-8-9-30-23)15-31-24(22)33-27(34-25)32-21-7-6-18(14-20(21)28)26(36)35-10-12-38-13-11-35/h5-8,13-15,20H,9-12H2,1-4H3,(H3,30,32,33,34,35);5-8,13-15,20H,9-12H2,1-4H3,(H2,30,32,33,34);2-9,14-15H,10-13H2,1H3,(H,29,30)(H2,31,32,33,34).